The van der Waals surface area contributed by atoms with Crippen LogP contribution in [0.2, 0.25) is 0 Å². The highest BCUT2D eigenvalue weighted by Crippen LogP contribution is 2.32. The van der Waals surface area contributed by atoms with E-state index in [-0.39, 0.29) is 6.04 Å². The lowest BCUT2D eigenvalue weighted by molar-refractivity contribution is 0.246. The zero-order valence-electron chi connectivity index (χ0n) is 17.2. The number of benzene rings is 2. The lowest BCUT2D eigenvalue weighted by Gasteiger charge is -2.23. The molecular formula is C22H26N6S. The molecule has 0 bridgehead atoms. The van der Waals surface area contributed by atoms with Crippen molar-refractivity contribution < 1.29 is 0 Å². The first-order valence-electron chi connectivity index (χ1n) is 9.75. The molecule has 0 fully saturated rings. The number of hydrazone groups is 1. The van der Waals surface area contributed by atoms with Crippen LogP contribution in [0.4, 0.5) is 0 Å². The van der Waals surface area contributed by atoms with E-state index in [4.69, 9.17) is 5.10 Å². The molecule has 0 unspecified atom stereocenters. The number of aryl methyl sites for hydroxylation is 2. The maximum absolute atomic E-state index is 4.79. The van der Waals surface area contributed by atoms with Gasteiger partial charge in [0.25, 0.3) is 0 Å². The summed E-state index contributed by atoms with van der Waals surface area (Å²) < 4.78 is 2.06. The second-order valence-electron chi connectivity index (χ2n) is 7.41. The maximum atomic E-state index is 4.79. The molecule has 0 aliphatic carbocycles. The van der Waals surface area contributed by atoms with E-state index in [1.165, 1.54) is 16.7 Å². The number of thioether (sulfide) groups is 1. The summed E-state index contributed by atoms with van der Waals surface area (Å²) in [5.41, 5.74) is 11.8. The van der Waals surface area contributed by atoms with Gasteiger partial charge in [-0.25, -0.2) is 10.2 Å². The van der Waals surface area contributed by atoms with Crippen molar-refractivity contribution in [3.05, 3.63) is 77.0 Å². The number of hydrazine groups is 2. The molecular weight excluding hydrogens is 380 g/mol. The predicted octanol–water partition coefficient (Wildman–Crippen LogP) is 4.18. The van der Waals surface area contributed by atoms with Crippen LogP contribution in [0.15, 0.2) is 64.9 Å². The molecule has 1 aliphatic rings. The Balaban J connectivity index is 1.79. The Kier molecular flexibility index (Phi) is 5.60. The summed E-state index contributed by atoms with van der Waals surface area (Å²) in [6, 6.07) is 17.1. The Morgan fingerprint density at radius 1 is 1.00 bits per heavy atom. The second kappa shape index (κ2) is 8.31. The summed E-state index contributed by atoms with van der Waals surface area (Å²) in [4.78, 5) is 0. The Morgan fingerprint density at radius 2 is 1.72 bits per heavy atom. The SMILES string of the molecule is Cc1cccc(C)c1-n1ncc(C2=NNNN2C(C)C)c1SCc1ccccc1. The molecule has 0 amide bonds. The third kappa shape index (κ3) is 3.88. The summed E-state index contributed by atoms with van der Waals surface area (Å²) in [6.07, 6.45) is 1.92. The van der Waals surface area contributed by atoms with E-state index in [1.807, 2.05) is 17.3 Å². The van der Waals surface area contributed by atoms with Crippen LogP contribution in [0.5, 0.6) is 0 Å². The van der Waals surface area contributed by atoms with E-state index in [9.17, 15) is 0 Å². The topological polar surface area (TPSA) is 57.5 Å². The van der Waals surface area contributed by atoms with E-state index in [0.29, 0.717) is 0 Å². The zero-order valence-corrected chi connectivity index (χ0v) is 18.0. The van der Waals surface area contributed by atoms with Gasteiger partial charge in [0.2, 0.25) is 0 Å². The fourth-order valence-corrected chi connectivity index (χ4v) is 4.51. The quantitative estimate of drug-likeness (QED) is 0.602. The minimum absolute atomic E-state index is 0.249. The maximum Gasteiger partial charge on any atom is 0.177 e. The first kappa shape index (κ1) is 19.5. The lowest BCUT2D eigenvalue weighted by atomic mass is 10.1. The number of amidine groups is 1. The van der Waals surface area contributed by atoms with Crippen LogP contribution in [0, 0.1) is 13.8 Å². The molecule has 29 heavy (non-hydrogen) atoms. The standard InChI is InChI=1S/C22H26N6S/c1-15(2)27-21(24-25-26-27)19-13-23-28(20-16(3)9-8-10-17(20)4)22(19)29-14-18-11-6-5-7-12-18/h5-13,15,25-26H,14H2,1-4H3. The van der Waals surface area contributed by atoms with Gasteiger partial charge in [0.05, 0.1) is 17.4 Å². The first-order chi connectivity index (χ1) is 14.1. The summed E-state index contributed by atoms with van der Waals surface area (Å²) in [5.74, 6) is 1.72. The van der Waals surface area contributed by atoms with Crippen molar-refractivity contribution in [3.8, 4) is 5.69 Å². The smallest absolute Gasteiger partial charge is 0.177 e. The van der Waals surface area contributed by atoms with Crippen LogP contribution < -0.4 is 11.1 Å². The highest BCUT2D eigenvalue weighted by atomic mass is 32.2. The normalized spacial score (nSPS) is 13.7. The van der Waals surface area contributed by atoms with Crippen LogP contribution in [0.25, 0.3) is 5.69 Å². The van der Waals surface area contributed by atoms with E-state index >= 15 is 0 Å². The summed E-state index contributed by atoms with van der Waals surface area (Å²) in [5, 5.41) is 12.4. The fraction of sp³-hybridized carbons (Fsp3) is 0.273. The molecule has 7 heteroatoms. The number of nitrogens with zero attached hydrogens (tertiary/aromatic N) is 4. The van der Waals surface area contributed by atoms with E-state index in [1.54, 1.807) is 11.8 Å². The van der Waals surface area contributed by atoms with Crippen molar-refractivity contribution in [1.29, 1.82) is 0 Å². The number of rotatable bonds is 6. The van der Waals surface area contributed by atoms with Gasteiger partial charge in [0.15, 0.2) is 5.84 Å². The Morgan fingerprint density at radius 3 is 2.41 bits per heavy atom. The first-order valence-corrected chi connectivity index (χ1v) is 10.7. The Bertz CT molecular complexity index is 1000. The third-order valence-electron chi connectivity index (χ3n) is 4.91. The van der Waals surface area contributed by atoms with Crippen LogP contribution in [-0.2, 0) is 5.75 Å². The minimum atomic E-state index is 0.249. The van der Waals surface area contributed by atoms with E-state index in [2.05, 4.69) is 91.0 Å². The number of hydrogen-bond donors (Lipinski definition) is 2. The van der Waals surface area contributed by atoms with Gasteiger partial charge < -0.3 is 0 Å². The van der Waals surface area contributed by atoms with Gasteiger partial charge in [-0.3, -0.25) is 5.01 Å². The zero-order chi connectivity index (χ0) is 20.4. The highest BCUT2D eigenvalue weighted by molar-refractivity contribution is 7.98. The Hall–Kier alpha value is -2.77. The largest absolute Gasteiger partial charge is 0.268 e. The minimum Gasteiger partial charge on any atom is -0.268 e. The van der Waals surface area contributed by atoms with Crippen molar-refractivity contribution in [2.75, 3.05) is 0 Å². The summed E-state index contributed by atoms with van der Waals surface area (Å²) >= 11 is 1.78. The molecule has 0 saturated heterocycles. The number of hydrogen-bond acceptors (Lipinski definition) is 6. The highest BCUT2D eigenvalue weighted by Gasteiger charge is 2.27. The Labute approximate surface area is 175 Å². The molecule has 3 aromatic rings. The lowest BCUT2D eigenvalue weighted by Crippen LogP contribution is -2.45. The molecule has 150 valence electrons. The molecule has 0 radical (unpaired) electrons. The van der Waals surface area contributed by atoms with Crippen molar-refractivity contribution in [2.45, 2.75) is 44.5 Å². The molecule has 1 aliphatic heterocycles. The second-order valence-corrected chi connectivity index (χ2v) is 8.38. The molecule has 0 saturated carbocycles. The van der Waals surface area contributed by atoms with Crippen molar-refractivity contribution in [2.24, 2.45) is 5.10 Å². The summed E-state index contributed by atoms with van der Waals surface area (Å²) in [6.45, 7) is 8.52. The molecule has 4 rings (SSSR count). The predicted molar refractivity (Wildman–Crippen MR) is 119 cm³/mol. The van der Waals surface area contributed by atoms with Crippen molar-refractivity contribution >= 4 is 17.6 Å². The molecule has 1 aromatic heterocycles. The molecule has 0 atom stereocenters. The van der Waals surface area contributed by atoms with Crippen molar-refractivity contribution in [1.82, 2.24) is 25.9 Å². The van der Waals surface area contributed by atoms with Gasteiger partial charge >= 0.3 is 0 Å². The van der Waals surface area contributed by atoms with Crippen LogP contribution in [0.3, 0.4) is 0 Å². The average Bonchev–Trinajstić information content (AvgIpc) is 3.34. The van der Waals surface area contributed by atoms with Gasteiger partial charge in [0, 0.05) is 11.8 Å². The molecule has 6 nitrogen and oxygen atoms in total. The number of nitrogens with one attached hydrogen (secondary N) is 2. The number of aromatic nitrogens is 2. The average molecular weight is 407 g/mol. The van der Waals surface area contributed by atoms with Crippen LogP contribution in [0.1, 0.15) is 36.1 Å². The third-order valence-corrected chi connectivity index (χ3v) is 6.06. The van der Waals surface area contributed by atoms with Crippen LogP contribution in [-0.4, -0.2) is 26.7 Å². The van der Waals surface area contributed by atoms with E-state index in [0.717, 1.165) is 27.9 Å². The van der Waals surface area contributed by atoms with Gasteiger partial charge in [-0.05, 0) is 44.4 Å². The van der Waals surface area contributed by atoms with Gasteiger partial charge in [-0.15, -0.1) is 22.4 Å². The molecule has 2 aromatic carbocycles. The van der Waals surface area contributed by atoms with E-state index < -0.39 is 0 Å². The van der Waals surface area contributed by atoms with Crippen LogP contribution >= 0.6 is 11.8 Å². The fourth-order valence-electron chi connectivity index (χ4n) is 3.46. The molecule has 2 heterocycles. The number of para-hydroxylation sites is 1. The van der Waals surface area contributed by atoms with Crippen molar-refractivity contribution in [3.63, 3.8) is 0 Å². The van der Waals surface area contributed by atoms with Gasteiger partial charge in [-0.1, -0.05) is 48.5 Å². The summed E-state index contributed by atoms with van der Waals surface area (Å²) in [7, 11) is 0. The molecule has 2 N–H and O–H groups in total. The monoisotopic (exact) mass is 406 g/mol. The van der Waals surface area contributed by atoms with Gasteiger partial charge in [-0.2, -0.15) is 5.10 Å². The van der Waals surface area contributed by atoms with Gasteiger partial charge in [0.1, 0.15) is 5.03 Å². The molecule has 0 spiro atoms.